The van der Waals surface area contributed by atoms with Crippen molar-refractivity contribution in [2.24, 2.45) is 16.6 Å². The Kier molecular flexibility index (Phi) is 3.99. The number of ether oxygens (including phenoxy) is 1. The Labute approximate surface area is 101 Å². The molecule has 2 heterocycles. The first-order valence-corrected chi connectivity index (χ1v) is 6.33. The van der Waals surface area contributed by atoms with Gasteiger partial charge in [-0.15, -0.1) is 0 Å². The predicted molar refractivity (Wildman–Crippen MR) is 63.3 cm³/mol. The van der Waals surface area contributed by atoms with Crippen molar-refractivity contribution in [1.82, 2.24) is 0 Å². The Balaban J connectivity index is 1.90. The lowest BCUT2D eigenvalue weighted by molar-refractivity contribution is -0.181. The summed E-state index contributed by atoms with van der Waals surface area (Å²) in [5.41, 5.74) is 5.79. The van der Waals surface area contributed by atoms with Gasteiger partial charge in [0, 0.05) is 19.3 Å². The summed E-state index contributed by atoms with van der Waals surface area (Å²) >= 11 is 0. The molecular weight excluding hydrogens is 220 g/mol. The molecule has 3 unspecified atom stereocenters. The molecule has 0 saturated carbocycles. The van der Waals surface area contributed by atoms with E-state index in [0.29, 0.717) is 12.8 Å². The number of amidine groups is 1. The largest absolute Gasteiger partial charge is 0.436 e. The van der Waals surface area contributed by atoms with Gasteiger partial charge in [-0.1, -0.05) is 6.42 Å². The summed E-state index contributed by atoms with van der Waals surface area (Å²) < 4.78 is 4.71. The van der Waals surface area contributed by atoms with Crippen molar-refractivity contribution in [2.45, 2.75) is 57.3 Å². The average molecular weight is 240 g/mol. The van der Waals surface area contributed by atoms with Gasteiger partial charge in [-0.25, -0.2) is 0 Å². The molecule has 3 N–H and O–H groups in total. The fraction of sp³-hybridized carbons (Fsp3) is 0.833. The molecule has 5 heteroatoms. The molecule has 0 aliphatic carbocycles. The van der Waals surface area contributed by atoms with E-state index in [9.17, 15) is 9.90 Å². The van der Waals surface area contributed by atoms with Gasteiger partial charge < -0.3 is 15.6 Å². The topological polar surface area (TPSA) is 84.9 Å². The summed E-state index contributed by atoms with van der Waals surface area (Å²) in [6, 6.07) is 0.209. The average Bonchev–Trinajstić information content (AvgIpc) is 2.41. The Morgan fingerprint density at radius 3 is 3.06 bits per heavy atom. The summed E-state index contributed by atoms with van der Waals surface area (Å²) in [7, 11) is 0. The van der Waals surface area contributed by atoms with Gasteiger partial charge in [0.25, 0.3) is 0 Å². The van der Waals surface area contributed by atoms with Crippen LogP contribution in [-0.2, 0) is 9.53 Å². The highest BCUT2D eigenvalue weighted by atomic mass is 16.6. The van der Waals surface area contributed by atoms with Gasteiger partial charge in [0.1, 0.15) is 0 Å². The second-order valence-electron chi connectivity index (χ2n) is 5.01. The summed E-state index contributed by atoms with van der Waals surface area (Å²) in [4.78, 5) is 15.7. The van der Waals surface area contributed by atoms with E-state index in [1.54, 1.807) is 0 Å². The van der Waals surface area contributed by atoms with Crippen LogP contribution < -0.4 is 5.73 Å². The van der Waals surface area contributed by atoms with Gasteiger partial charge in [-0.2, -0.15) is 0 Å². The summed E-state index contributed by atoms with van der Waals surface area (Å²) in [5, 5.41) is 9.38. The van der Waals surface area contributed by atoms with E-state index in [1.165, 1.54) is 0 Å². The third kappa shape index (κ3) is 3.70. The molecule has 0 radical (unpaired) electrons. The molecule has 96 valence electrons. The van der Waals surface area contributed by atoms with Crippen molar-refractivity contribution in [2.75, 3.05) is 0 Å². The molecule has 0 amide bonds. The lowest BCUT2D eigenvalue weighted by atomic mass is 9.90. The maximum absolute atomic E-state index is 11.2. The van der Waals surface area contributed by atoms with Crippen molar-refractivity contribution in [3.8, 4) is 0 Å². The maximum Gasteiger partial charge on any atom is 0.308 e. The van der Waals surface area contributed by atoms with Crippen LogP contribution in [0.2, 0.25) is 0 Å². The second-order valence-corrected chi connectivity index (χ2v) is 5.01. The zero-order chi connectivity index (χ0) is 12.3. The van der Waals surface area contributed by atoms with Crippen LogP contribution in [0.5, 0.6) is 0 Å². The lowest BCUT2D eigenvalue weighted by Gasteiger charge is -2.27. The van der Waals surface area contributed by atoms with Gasteiger partial charge in [0.05, 0.1) is 11.9 Å². The summed E-state index contributed by atoms with van der Waals surface area (Å²) in [6.07, 6.45) is 4.95. The van der Waals surface area contributed by atoms with Crippen LogP contribution in [0.15, 0.2) is 4.99 Å². The number of aliphatic hydroxyl groups is 1. The van der Waals surface area contributed by atoms with E-state index in [1.807, 2.05) is 0 Å². The van der Waals surface area contributed by atoms with Gasteiger partial charge >= 0.3 is 5.97 Å². The number of aliphatic imine (C=N–C) groups is 1. The van der Waals surface area contributed by atoms with Crippen molar-refractivity contribution < 1.29 is 14.6 Å². The van der Waals surface area contributed by atoms with Crippen LogP contribution in [0, 0.1) is 5.92 Å². The first kappa shape index (κ1) is 12.4. The Hall–Kier alpha value is -1.10. The van der Waals surface area contributed by atoms with Crippen LogP contribution in [0.1, 0.15) is 44.9 Å². The zero-order valence-electron chi connectivity index (χ0n) is 9.97. The smallest absolute Gasteiger partial charge is 0.308 e. The first-order chi connectivity index (χ1) is 8.13. The Morgan fingerprint density at radius 2 is 2.29 bits per heavy atom. The number of nitrogens with zero attached hydrogens (tertiary/aromatic N) is 1. The van der Waals surface area contributed by atoms with Gasteiger partial charge in [0.15, 0.2) is 0 Å². The van der Waals surface area contributed by atoms with Crippen LogP contribution in [0.25, 0.3) is 0 Å². The molecule has 17 heavy (non-hydrogen) atoms. The molecule has 5 nitrogen and oxygen atoms in total. The first-order valence-electron chi connectivity index (χ1n) is 6.33. The maximum atomic E-state index is 11.2. The van der Waals surface area contributed by atoms with Crippen molar-refractivity contribution in [3.05, 3.63) is 0 Å². The minimum absolute atomic E-state index is 0.172. The highest BCUT2D eigenvalue weighted by molar-refractivity contribution is 5.80. The molecule has 2 rings (SSSR count). The highest BCUT2D eigenvalue weighted by Crippen LogP contribution is 2.27. The third-order valence-corrected chi connectivity index (χ3v) is 3.43. The zero-order valence-corrected chi connectivity index (χ0v) is 9.97. The Morgan fingerprint density at radius 1 is 1.47 bits per heavy atom. The third-order valence-electron chi connectivity index (χ3n) is 3.43. The molecule has 0 spiro atoms. The van der Waals surface area contributed by atoms with E-state index in [2.05, 4.69) is 4.99 Å². The molecular formula is C12H20N2O3. The quantitative estimate of drug-likeness (QED) is 0.704. The van der Waals surface area contributed by atoms with E-state index in [-0.39, 0.29) is 17.9 Å². The van der Waals surface area contributed by atoms with Crippen LogP contribution >= 0.6 is 0 Å². The molecule has 1 fully saturated rings. The number of carbonyl (C=O) groups is 1. The van der Waals surface area contributed by atoms with Crippen LogP contribution in [0.3, 0.4) is 0 Å². The predicted octanol–water partition coefficient (Wildman–Crippen LogP) is 0.948. The highest BCUT2D eigenvalue weighted by Gasteiger charge is 2.29. The standard InChI is InChI=1S/C12H20N2O3/c13-10-4-2-1-3-9(14-10)5-8-6-11(15)17-12(16)7-8/h8-9,11,15H,1-7H2,(H2,13,14). The molecule has 2 aliphatic heterocycles. The minimum Gasteiger partial charge on any atom is -0.436 e. The van der Waals surface area contributed by atoms with Crippen molar-refractivity contribution in [3.63, 3.8) is 0 Å². The fourth-order valence-corrected chi connectivity index (χ4v) is 2.64. The lowest BCUT2D eigenvalue weighted by Crippen LogP contribution is -2.31. The summed E-state index contributed by atoms with van der Waals surface area (Å²) in [5.74, 6) is 0.594. The number of hydrogen-bond donors (Lipinski definition) is 2. The normalized spacial score (nSPS) is 34.8. The van der Waals surface area contributed by atoms with Crippen molar-refractivity contribution in [1.29, 1.82) is 0 Å². The van der Waals surface area contributed by atoms with Crippen LogP contribution in [-0.4, -0.2) is 29.2 Å². The number of rotatable bonds is 2. The monoisotopic (exact) mass is 240 g/mol. The number of cyclic esters (lactones) is 1. The van der Waals surface area contributed by atoms with Gasteiger partial charge in [0.2, 0.25) is 6.29 Å². The molecule has 0 bridgehead atoms. The Bertz CT molecular complexity index is 317. The molecule has 2 aliphatic rings. The van der Waals surface area contributed by atoms with E-state index < -0.39 is 6.29 Å². The van der Waals surface area contributed by atoms with E-state index >= 15 is 0 Å². The fourth-order valence-electron chi connectivity index (χ4n) is 2.64. The molecule has 0 aromatic rings. The molecule has 1 saturated heterocycles. The van der Waals surface area contributed by atoms with Gasteiger partial charge in [-0.3, -0.25) is 9.79 Å². The van der Waals surface area contributed by atoms with Crippen LogP contribution in [0.4, 0.5) is 0 Å². The van der Waals surface area contributed by atoms with Gasteiger partial charge in [-0.05, 0) is 25.2 Å². The second kappa shape index (κ2) is 5.49. The van der Waals surface area contributed by atoms with E-state index in [4.69, 9.17) is 10.5 Å². The number of esters is 1. The SMILES string of the molecule is NC1=NC(CC2CC(=O)OC(O)C2)CCCC1. The molecule has 0 aromatic carbocycles. The number of aliphatic hydroxyl groups excluding tert-OH is 1. The molecule has 3 atom stereocenters. The number of nitrogens with two attached hydrogens (primary N) is 1. The minimum atomic E-state index is -0.937. The number of hydrogen-bond acceptors (Lipinski definition) is 5. The van der Waals surface area contributed by atoms with Crippen molar-refractivity contribution >= 4 is 11.8 Å². The molecule has 0 aromatic heterocycles. The summed E-state index contributed by atoms with van der Waals surface area (Å²) in [6.45, 7) is 0. The number of carbonyl (C=O) groups excluding carboxylic acids is 1. The van der Waals surface area contributed by atoms with E-state index in [0.717, 1.165) is 37.9 Å².